The molecular weight excluding hydrogens is 239 g/mol. The van der Waals surface area contributed by atoms with Crippen molar-refractivity contribution >= 4 is 0 Å². The van der Waals surface area contributed by atoms with Crippen molar-refractivity contribution in [3.05, 3.63) is 65.7 Å². The summed E-state index contributed by atoms with van der Waals surface area (Å²) < 4.78 is 13.2. The molecule has 0 saturated heterocycles. The number of pyridine rings is 1. The first-order chi connectivity index (χ1) is 9.29. The molecule has 0 saturated carbocycles. The van der Waals surface area contributed by atoms with E-state index in [4.69, 9.17) is 0 Å². The molecule has 3 heteroatoms. The Morgan fingerprint density at radius 2 is 2.00 bits per heavy atom. The number of nitrogens with one attached hydrogen (secondary N) is 1. The lowest BCUT2D eigenvalue weighted by Crippen LogP contribution is -2.22. The number of hydrogen-bond acceptors (Lipinski definition) is 2. The Morgan fingerprint density at radius 3 is 2.68 bits per heavy atom. The van der Waals surface area contributed by atoms with Crippen molar-refractivity contribution in [3.63, 3.8) is 0 Å². The second kappa shape index (κ2) is 7.00. The minimum Gasteiger partial charge on any atom is -0.316 e. The number of nitrogens with zero attached hydrogens (tertiary/aromatic N) is 1. The molecule has 0 aliphatic heterocycles. The molecule has 0 amide bonds. The molecule has 1 aromatic heterocycles. The van der Waals surface area contributed by atoms with E-state index >= 15 is 0 Å². The SMILES string of the molecule is CCNCC(Cc1cncc(F)c1)c1ccccc1. The highest BCUT2D eigenvalue weighted by atomic mass is 19.1. The highest BCUT2D eigenvalue weighted by Gasteiger charge is 2.12. The van der Waals surface area contributed by atoms with E-state index in [-0.39, 0.29) is 5.82 Å². The number of likely N-dealkylation sites (N-methyl/N-ethyl adjacent to an activating group) is 1. The van der Waals surface area contributed by atoms with Crippen molar-refractivity contribution in [3.8, 4) is 0 Å². The van der Waals surface area contributed by atoms with Gasteiger partial charge >= 0.3 is 0 Å². The molecule has 2 nitrogen and oxygen atoms in total. The molecule has 1 heterocycles. The molecule has 0 radical (unpaired) electrons. The number of hydrogen-bond donors (Lipinski definition) is 1. The van der Waals surface area contributed by atoms with Gasteiger partial charge in [-0.1, -0.05) is 37.3 Å². The third-order valence-electron chi connectivity index (χ3n) is 3.16. The van der Waals surface area contributed by atoms with Crippen LogP contribution in [-0.2, 0) is 6.42 Å². The zero-order valence-corrected chi connectivity index (χ0v) is 11.1. The van der Waals surface area contributed by atoms with Gasteiger partial charge in [-0.15, -0.1) is 0 Å². The van der Waals surface area contributed by atoms with Gasteiger partial charge in [0.25, 0.3) is 0 Å². The normalized spacial score (nSPS) is 12.3. The number of halogens is 1. The summed E-state index contributed by atoms with van der Waals surface area (Å²) in [5.41, 5.74) is 2.21. The lowest BCUT2D eigenvalue weighted by Gasteiger charge is -2.17. The number of aromatic nitrogens is 1. The number of benzene rings is 1. The van der Waals surface area contributed by atoms with Crippen LogP contribution in [0.3, 0.4) is 0 Å². The van der Waals surface area contributed by atoms with Crippen molar-refractivity contribution < 1.29 is 4.39 Å². The molecule has 2 rings (SSSR count). The Balaban J connectivity index is 2.14. The quantitative estimate of drug-likeness (QED) is 0.861. The molecule has 2 aromatic rings. The van der Waals surface area contributed by atoms with E-state index in [1.807, 2.05) is 18.2 Å². The summed E-state index contributed by atoms with van der Waals surface area (Å²) in [6, 6.07) is 11.9. The van der Waals surface area contributed by atoms with Crippen LogP contribution < -0.4 is 5.32 Å². The fraction of sp³-hybridized carbons (Fsp3) is 0.312. The van der Waals surface area contributed by atoms with Crippen LogP contribution in [0.2, 0.25) is 0 Å². The molecule has 0 spiro atoms. The van der Waals surface area contributed by atoms with Crippen molar-refractivity contribution in [2.45, 2.75) is 19.3 Å². The van der Waals surface area contributed by atoms with Crippen LogP contribution in [0.1, 0.15) is 24.0 Å². The fourth-order valence-corrected chi connectivity index (χ4v) is 2.20. The first-order valence-electron chi connectivity index (χ1n) is 6.64. The third-order valence-corrected chi connectivity index (χ3v) is 3.16. The Morgan fingerprint density at radius 1 is 1.21 bits per heavy atom. The maximum absolute atomic E-state index is 13.2. The Hall–Kier alpha value is -1.74. The second-order valence-electron chi connectivity index (χ2n) is 4.63. The fourth-order valence-electron chi connectivity index (χ4n) is 2.20. The molecule has 1 atom stereocenters. The molecule has 1 aromatic carbocycles. The van der Waals surface area contributed by atoms with Crippen LogP contribution in [0.15, 0.2) is 48.8 Å². The second-order valence-corrected chi connectivity index (χ2v) is 4.63. The van der Waals surface area contributed by atoms with Gasteiger partial charge in [-0.25, -0.2) is 4.39 Å². The predicted octanol–water partition coefficient (Wildman–Crippen LogP) is 3.16. The Kier molecular flexibility index (Phi) is 5.04. The van der Waals surface area contributed by atoms with E-state index < -0.39 is 0 Å². The molecular formula is C16H19FN2. The largest absolute Gasteiger partial charge is 0.316 e. The maximum atomic E-state index is 13.2. The van der Waals surface area contributed by atoms with Gasteiger partial charge in [0.15, 0.2) is 0 Å². The van der Waals surface area contributed by atoms with Crippen LogP contribution in [0.25, 0.3) is 0 Å². The van der Waals surface area contributed by atoms with Crippen LogP contribution in [0.5, 0.6) is 0 Å². The molecule has 100 valence electrons. The summed E-state index contributed by atoms with van der Waals surface area (Å²) in [5.74, 6) is 0.0671. The monoisotopic (exact) mass is 258 g/mol. The van der Waals surface area contributed by atoms with E-state index in [1.165, 1.54) is 11.8 Å². The molecule has 19 heavy (non-hydrogen) atoms. The van der Waals surface area contributed by atoms with E-state index in [0.717, 1.165) is 25.1 Å². The molecule has 1 unspecified atom stereocenters. The molecule has 0 bridgehead atoms. The predicted molar refractivity (Wildman–Crippen MR) is 75.6 cm³/mol. The lowest BCUT2D eigenvalue weighted by molar-refractivity contribution is 0.585. The van der Waals surface area contributed by atoms with E-state index in [9.17, 15) is 4.39 Å². The standard InChI is InChI=1S/C16H19FN2/c1-2-18-11-15(14-6-4-3-5-7-14)8-13-9-16(17)12-19-10-13/h3-7,9-10,12,15,18H,2,8,11H2,1H3. The third kappa shape index (κ3) is 4.14. The van der Waals surface area contributed by atoms with Gasteiger partial charge in [-0.2, -0.15) is 0 Å². The van der Waals surface area contributed by atoms with Gasteiger partial charge in [0, 0.05) is 18.7 Å². The zero-order valence-electron chi connectivity index (χ0n) is 11.1. The lowest BCUT2D eigenvalue weighted by atomic mass is 9.92. The summed E-state index contributed by atoms with van der Waals surface area (Å²) in [6.45, 7) is 3.91. The van der Waals surface area contributed by atoms with Gasteiger partial charge < -0.3 is 5.32 Å². The first-order valence-corrected chi connectivity index (χ1v) is 6.64. The van der Waals surface area contributed by atoms with E-state index in [0.29, 0.717) is 5.92 Å². The zero-order chi connectivity index (χ0) is 13.5. The van der Waals surface area contributed by atoms with Crippen molar-refractivity contribution in [2.24, 2.45) is 0 Å². The molecule has 0 aliphatic rings. The average Bonchev–Trinajstić information content (AvgIpc) is 2.44. The summed E-state index contributed by atoms with van der Waals surface area (Å²) in [6.07, 6.45) is 3.78. The van der Waals surface area contributed by atoms with Crippen LogP contribution in [0, 0.1) is 5.82 Å². The van der Waals surface area contributed by atoms with Gasteiger partial charge in [0.1, 0.15) is 5.82 Å². The van der Waals surface area contributed by atoms with Crippen LogP contribution >= 0.6 is 0 Å². The maximum Gasteiger partial charge on any atom is 0.141 e. The van der Waals surface area contributed by atoms with Crippen molar-refractivity contribution in [1.82, 2.24) is 10.3 Å². The summed E-state index contributed by atoms with van der Waals surface area (Å²) in [4.78, 5) is 3.92. The minimum absolute atomic E-state index is 0.271. The Labute approximate surface area is 113 Å². The van der Waals surface area contributed by atoms with Gasteiger partial charge in [-0.05, 0) is 30.2 Å². The Bertz CT molecular complexity index is 499. The van der Waals surface area contributed by atoms with Gasteiger partial charge in [0.2, 0.25) is 0 Å². The van der Waals surface area contributed by atoms with E-state index in [2.05, 4.69) is 29.4 Å². The van der Waals surface area contributed by atoms with Crippen LogP contribution in [-0.4, -0.2) is 18.1 Å². The van der Waals surface area contributed by atoms with Gasteiger partial charge in [-0.3, -0.25) is 4.98 Å². The van der Waals surface area contributed by atoms with Crippen LogP contribution in [0.4, 0.5) is 4.39 Å². The number of rotatable bonds is 6. The van der Waals surface area contributed by atoms with Gasteiger partial charge in [0.05, 0.1) is 6.20 Å². The van der Waals surface area contributed by atoms with E-state index in [1.54, 1.807) is 12.3 Å². The highest BCUT2D eigenvalue weighted by molar-refractivity contribution is 5.23. The summed E-state index contributed by atoms with van der Waals surface area (Å²) >= 11 is 0. The summed E-state index contributed by atoms with van der Waals surface area (Å²) in [7, 11) is 0. The topological polar surface area (TPSA) is 24.9 Å². The molecule has 0 fully saturated rings. The molecule has 0 aliphatic carbocycles. The molecule has 1 N–H and O–H groups in total. The van der Waals surface area contributed by atoms with Crippen molar-refractivity contribution in [1.29, 1.82) is 0 Å². The van der Waals surface area contributed by atoms with Crippen molar-refractivity contribution in [2.75, 3.05) is 13.1 Å². The average molecular weight is 258 g/mol. The smallest absolute Gasteiger partial charge is 0.141 e. The first kappa shape index (κ1) is 13.7. The minimum atomic E-state index is -0.271. The highest BCUT2D eigenvalue weighted by Crippen LogP contribution is 2.20. The summed E-state index contributed by atoms with van der Waals surface area (Å²) in [5, 5.41) is 3.37.